The summed E-state index contributed by atoms with van der Waals surface area (Å²) >= 11 is 1.59. The highest BCUT2D eigenvalue weighted by Gasteiger charge is 2.14. The Morgan fingerprint density at radius 1 is 1.25 bits per heavy atom. The van der Waals surface area contributed by atoms with Crippen LogP contribution < -0.4 is 0 Å². The Labute approximate surface area is 102 Å². The second-order valence-electron chi connectivity index (χ2n) is 4.29. The molecule has 0 fully saturated rings. The minimum absolute atomic E-state index is 0.107. The van der Waals surface area contributed by atoms with E-state index in [1.165, 1.54) is 0 Å². The van der Waals surface area contributed by atoms with E-state index in [1.807, 2.05) is 20.8 Å². The van der Waals surface area contributed by atoms with Crippen LogP contribution in [0.25, 0.3) is 0 Å². The normalized spacial score (nSPS) is 12.8. The first-order valence-electron chi connectivity index (χ1n) is 5.92. The molecule has 0 aromatic rings. The van der Waals surface area contributed by atoms with Crippen molar-refractivity contribution in [2.45, 2.75) is 45.3 Å². The monoisotopic (exact) mass is 250 g/mol. The van der Waals surface area contributed by atoms with Gasteiger partial charge in [-0.1, -0.05) is 20.3 Å². The third-order valence-corrected chi connectivity index (χ3v) is 3.25. The van der Waals surface area contributed by atoms with Crippen molar-refractivity contribution in [2.24, 2.45) is 5.92 Å². The number of carbonyl (C=O) groups excluding carboxylic acids is 1. The highest BCUT2D eigenvalue weighted by Crippen LogP contribution is 2.15. The lowest BCUT2D eigenvalue weighted by Crippen LogP contribution is -2.19. The van der Waals surface area contributed by atoms with Gasteiger partial charge >= 0.3 is 5.97 Å². The first-order chi connectivity index (χ1) is 7.57. The molecule has 0 aliphatic carbocycles. The highest BCUT2D eigenvalue weighted by atomic mass is 32.2. The summed E-state index contributed by atoms with van der Waals surface area (Å²) in [7, 11) is 0. The maximum atomic E-state index is 11.8. The molecule has 0 radical (unpaired) electrons. The summed E-state index contributed by atoms with van der Waals surface area (Å²) in [6.07, 6.45) is 2.50. The van der Waals surface area contributed by atoms with Crippen molar-refractivity contribution >= 4 is 17.7 Å². The van der Waals surface area contributed by atoms with E-state index >= 15 is 0 Å². The summed E-state index contributed by atoms with van der Waals surface area (Å²) in [5.41, 5.74) is 0. The zero-order valence-electron chi connectivity index (χ0n) is 10.5. The number of carbonyl (C=O) groups is 1. The number of ether oxygens (including phenoxy) is 1. The molecule has 16 heavy (non-hydrogen) atoms. The van der Waals surface area contributed by atoms with Gasteiger partial charge in [0.2, 0.25) is 0 Å². The third kappa shape index (κ3) is 9.01. The topological polar surface area (TPSA) is 26.3 Å². The largest absolute Gasteiger partial charge is 0.465 e. The van der Waals surface area contributed by atoms with E-state index in [-0.39, 0.29) is 17.9 Å². The van der Waals surface area contributed by atoms with Crippen LogP contribution in [0.15, 0.2) is 0 Å². The van der Waals surface area contributed by atoms with Crippen molar-refractivity contribution in [1.29, 1.82) is 0 Å². The van der Waals surface area contributed by atoms with Gasteiger partial charge in [0.05, 0.1) is 18.5 Å². The van der Waals surface area contributed by atoms with Crippen molar-refractivity contribution in [3.8, 4) is 0 Å². The first-order valence-corrected chi connectivity index (χ1v) is 6.97. The molecule has 0 aromatic carbocycles. The number of esters is 1. The zero-order chi connectivity index (χ0) is 12.4. The molecule has 0 spiro atoms. The van der Waals surface area contributed by atoms with E-state index in [0.717, 1.165) is 18.6 Å². The fourth-order valence-electron chi connectivity index (χ4n) is 1.07. The standard InChI is InChI=1S/C12H23FO2S/c1-10(2)9-15-12(14)11(3)16-8-6-4-5-7-13/h10-11H,4-9H2,1-3H3. The zero-order valence-corrected chi connectivity index (χ0v) is 11.3. The van der Waals surface area contributed by atoms with Crippen LogP contribution in [0.5, 0.6) is 0 Å². The Morgan fingerprint density at radius 3 is 2.50 bits per heavy atom. The van der Waals surface area contributed by atoms with Crippen LogP contribution in [-0.4, -0.2) is 30.3 Å². The number of hydrogen-bond donors (Lipinski definition) is 0. The molecule has 0 N–H and O–H groups in total. The average molecular weight is 250 g/mol. The van der Waals surface area contributed by atoms with Crippen LogP contribution in [0.1, 0.15) is 40.0 Å². The van der Waals surface area contributed by atoms with Crippen molar-refractivity contribution in [3.63, 3.8) is 0 Å². The van der Waals surface area contributed by atoms with Crippen molar-refractivity contribution < 1.29 is 13.9 Å². The molecule has 0 aliphatic rings. The van der Waals surface area contributed by atoms with Gasteiger partial charge in [-0.15, -0.1) is 11.8 Å². The minimum atomic E-state index is -0.239. The van der Waals surface area contributed by atoms with Crippen LogP contribution in [0.2, 0.25) is 0 Å². The molecule has 0 bridgehead atoms. The Kier molecular flexibility index (Phi) is 9.78. The van der Waals surface area contributed by atoms with Gasteiger partial charge in [-0.2, -0.15) is 0 Å². The van der Waals surface area contributed by atoms with Gasteiger partial charge < -0.3 is 4.74 Å². The van der Waals surface area contributed by atoms with Crippen LogP contribution in [-0.2, 0) is 9.53 Å². The van der Waals surface area contributed by atoms with Crippen molar-refractivity contribution in [1.82, 2.24) is 0 Å². The molecule has 0 saturated carbocycles. The second kappa shape index (κ2) is 9.94. The van der Waals surface area contributed by atoms with Gasteiger partial charge in [0.1, 0.15) is 0 Å². The van der Waals surface area contributed by atoms with E-state index in [9.17, 15) is 9.18 Å². The van der Waals surface area contributed by atoms with E-state index in [4.69, 9.17) is 4.74 Å². The van der Waals surface area contributed by atoms with Crippen LogP contribution in [0.4, 0.5) is 4.39 Å². The lowest BCUT2D eigenvalue weighted by molar-refractivity contribution is -0.143. The van der Waals surface area contributed by atoms with Gasteiger partial charge in [-0.25, -0.2) is 0 Å². The number of rotatable bonds is 9. The van der Waals surface area contributed by atoms with Gasteiger partial charge in [-0.3, -0.25) is 9.18 Å². The second-order valence-corrected chi connectivity index (χ2v) is 5.74. The highest BCUT2D eigenvalue weighted by molar-refractivity contribution is 8.00. The number of unbranched alkanes of at least 4 members (excludes halogenated alkanes) is 2. The number of hydrogen-bond acceptors (Lipinski definition) is 3. The summed E-state index contributed by atoms with van der Waals surface area (Å²) < 4.78 is 16.9. The lowest BCUT2D eigenvalue weighted by Gasteiger charge is -2.12. The number of alkyl halides is 1. The van der Waals surface area contributed by atoms with Crippen molar-refractivity contribution in [3.05, 3.63) is 0 Å². The fourth-order valence-corrected chi connectivity index (χ4v) is 2.00. The Bertz CT molecular complexity index is 186. The lowest BCUT2D eigenvalue weighted by atomic mass is 10.2. The SMILES string of the molecule is CC(C)COC(=O)C(C)SCCCCCF. The fraction of sp³-hybridized carbons (Fsp3) is 0.917. The van der Waals surface area contributed by atoms with Gasteiger partial charge in [-0.05, 0) is 31.4 Å². The summed E-state index contributed by atoms with van der Waals surface area (Å²) in [5.74, 6) is 1.15. The Morgan fingerprint density at radius 2 is 1.94 bits per heavy atom. The van der Waals surface area contributed by atoms with Crippen molar-refractivity contribution in [2.75, 3.05) is 19.0 Å². The predicted octanol–water partition coefficient (Wildman–Crippen LogP) is 3.45. The molecule has 1 unspecified atom stereocenters. The van der Waals surface area contributed by atoms with Gasteiger partial charge in [0, 0.05) is 0 Å². The maximum Gasteiger partial charge on any atom is 0.318 e. The minimum Gasteiger partial charge on any atom is -0.465 e. The first kappa shape index (κ1) is 15.8. The predicted molar refractivity (Wildman–Crippen MR) is 67.5 cm³/mol. The molecule has 1 atom stereocenters. The molecule has 0 saturated heterocycles. The molecule has 0 amide bonds. The quantitative estimate of drug-likeness (QED) is 0.463. The van der Waals surface area contributed by atoms with E-state index in [0.29, 0.717) is 18.9 Å². The molecule has 0 heterocycles. The molecule has 0 rings (SSSR count). The summed E-state index contributed by atoms with van der Waals surface area (Å²) in [4.78, 5) is 11.5. The van der Waals surface area contributed by atoms with Gasteiger partial charge in [0.15, 0.2) is 0 Å². The summed E-state index contributed by atoms with van der Waals surface area (Å²) in [6.45, 7) is 6.15. The summed E-state index contributed by atoms with van der Waals surface area (Å²) in [5, 5.41) is -0.107. The molecule has 2 nitrogen and oxygen atoms in total. The summed E-state index contributed by atoms with van der Waals surface area (Å²) in [6, 6.07) is 0. The average Bonchev–Trinajstić information content (AvgIpc) is 2.25. The molecule has 4 heteroatoms. The van der Waals surface area contributed by atoms with E-state index in [2.05, 4.69) is 0 Å². The molecule has 0 aromatic heterocycles. The van der Waals surface area contributed by atoms with Crippen LogP contribution >= 0.6 is 11.8 Å². The maximum absolute atomic E-state index is 11.8. The van der Waals surface area contributed by atoms with E-state index < -0.39 is 0 Å². The number of thioether (sulfide) groups is 1. The third-order valence-electron chi connectivity index (χ3n) is 2.04. The Hall–Kier alpha value is -0.250. The number of halogens is 1. The van der Waals surface area contributed by atoms with Gasteiger partial charge in [0.25, 0.3) is 0 Å². The van der Waals surface area contributed by atoms with Crippen LogP contribution in [0.3, 0.4) is 0 Å². The van der Waals surface area contributed by atoms with E-state index in [1.54, 1.807) is 11.8 Å². The molecular formula is C12H23FO2S. The Balaban J connectivity index is 3.47. The van der Waals surface area contributed by atoms with Crippen LogP contribution in [0, 0.1) is 5.92 Å². The molecule has 0 aliphatic heterocycles. The smallest absolute Gasteiger partial charge is 0.318 e. The molecule has 96 valence electrons. The molecular weight excluding hydrogens is 227 g/mol.